The quantitative estimate of drug-likeness (QED) is 0.818. The number of hydrogen-bond donors (Lipinski definition) is 0. The maximum Gasteiger partial charge on any atom is 0.243 e. The van der Waals surface area contributed by atoms with E-state index in [4.69, 9.17) is 9.26 Å². The van der Waals surface area contributed by atoms with Crippen LogP contribution in [0.1, 0.15) is 50.0 Å². The van der Waals surface area contributed by atoms with E-state index in [1.165, 1.54) is 5.56 Å². The zero-order valence-corrected chi connectivity index (χ0v) is 13.9. The van der Waals surface area contributed by atoms with Crippen molar-refractivity contribution in [3.8, 4) is 0 Å². The number of nitrogens with zero attached hydrogens (tertiary/aromatic N) is 3. The topological polar surface area (TPSA) is 51.4 Å². The number of rotatable bonds is 6. The van der Waals surface area contributed by atoms with Gasteiger partial charge in [-0.1, -0.05) is 42.4 Å². The molecule has 1 saturated heterocycles. The third kappa shape index (κ3) is 4.18. The molecule has 124 valence electrons. The Morgan fingerprint density at radius 2 is 2.00 bits per heavy atom. The summed E-state index contributed by atoms with van der Waals surface area (Å²) >= 11 is 0. The largest absolute Gasteiger partial charge is 0.373 e. The molecule has 1 aliphatic heterocycles. The molecule has 5 heteroatoms. The highest BCUT2D eigenvalue weighted by Gasteiger charge is 2.26. The second kappa shape index (κ2) is 7.70. The SMILES string of the molecule is CCc1noc(C(C)N2CCC(OCc3ccccc3)CC2)n1. The predicted molar refractivity (Wildman–Crippen MR) is 87.9 cm³/mol. The average Bonchev–Trinajstić information content (AvgIpc) is 3.10. The molecule has 5 nitrogen and oxygen atoms in total. The van der Waals surface area contributed by atoms with Gasteiger partial charge in [0.05, 0.1) is 18.8 Å². The lowest BCUT2D eigenvalue weighted by atomic mass is 10.1. The number of hydrogen-bond acceptors (Lipinski definition) is 5. The van der Waals surface area contributed by atoms with E-state index in [1.54, 1.807) is 0 Å². The molecule has 3 rings (SSSR count). The van der Waals surface area contributed by atoms with Gasteiger partial charge in [-0.2, -0.15) is 4.98 Å². The van der Waals surface area contributed by atoms with Gasteiger partial charge in [0.1, 0.15) is 0 Å². The first-order valence-electron chi connectivity index (χ1n) is 8.48. The summed E-state index contributed by atoms with van der Waals surface area (Å²) in [6, 6.07) is 10.5. The van der Waals surface area contributed by atoms with Gasteiger partial charge in [-0.3, -0.25) is 4.90 Å². The fraction of sp³-hybridized carbons (Fsp3) is 0.556. The van der Waals surface area contributed by atoms with E-state index in [-0.39, 0.29) is 6.04 Å². The minimum atomic E-state index is 0.179. The third-order valence-corrected chi connectivity index (χ3v) is 4.51. The van der Waals surface area contributed by atoms with Crippen molar-refractivity contribution in [2.75, 3.05) is 13.1 Å². The summed E-state index contributed by atoms with van der Waals surface area (Å²) in [6.07, 6.45) is 3.25. The maximum atomic E-state index is 6.05. The van der Waals surface area contributed by atoms with E-state index < -0.39 is 0 Å². The van der Waals surface area contributed by atoms with Crippen LogP contribution in [0.5, 0.6) is 0 Å². The van der Waals surface area contributed by atoms with E-state index in [9.17, 15) is 0 Å². The van der Waals surface area contributed by atoms with Gasteiger partial charge in [0.25, 0.3) is 0 Å². The van der Waals surface area contributed by atoms with Crippen LogP contribution in [0.2, 0.25) is 0 Å². The van der Waals surface area contributed by atoms with Crippen LogP contribution < -0.4 is 0 Å². The molecule has 0 saturated carbocycles. The summed E-state index contributed by atoms with van der Waals surface area (Å²) < 4.78 is 11.4. The van der Waals surface area contributed by atoms with Gasteiger partial charge in [0, 0.05) is 19.5 Å². The Balaban J connectivity index is 1.46. The summed E-state index contributed by atoms with van der Waals surface area (Å²) in [6.45, 7) is 6.88. The monoisotopic (exact) mass is 315 g/mol. The fourth-order valence-electron chi connectivity index (χ4n) is 2.96. The molecule has 0 aliphatic carbocycles. The molecule has 1 aromatic heterocycles. The van der Waals surface area contributed by atoms with Crippen molar-refractivity contribution in [1.82, 2.24) is 15.0 Å². The van der Waals surface area contributed by atoms with Crippen LogP contribution >= 0.6 is 0 Å². The summed E-state index contributed by atoms with van der Waals surface area (Å²) in [5.41, 5.74) is 1.24. The molecule has 0 amide bonds. The first-order valence-corrected chi connectivity index (χ1v) is 8.48. The van der Waals surface area contributed by atoms with Crippen molar-refractivity contribution in [3.05, 3.63) is 47.6 Å². The third-order valence-electron chi connectivity index (χ3n) is 4.51. The molecular formula is C18H25N3O2. The molecule has 2 aromatic rings. The number of benzene rings is 1. The van der Waals surface area contributed by atoms with E-state index in [0.717, 1.165) is 44.1 Å². The summed E-state index contributed by atoms with van der Waals surface area (Å²) in [5.74, 6) is 1.51. The van der Waals surface area contributed by atoms with Gasteiger partial charge in [-0.25, -0.2) is 0 Å². The smallest absolute Gasteiger partial charge is 0.243 e. The summed E-state index contributed by atoms with van der Waals surface area (Å²) in [5, 5.41) is 3.99. The molecule has 2 heterocycles. The van der Waals surface area contributed by atoms with E-state index in [1.807, 2.05) is 13.0 Å². The van der Waals surface area contributed by atoms with Crippen LogP contribution in [0.3, 0.4) is 0 Å². The van der Waals surface area contributed by atoms with Crippen molar-refractivity contribution in [2.24, 2.45) is 0 Å². The van der Waals surface area contributed by atoms with Gasteiger partial charge in [-0.05, 0) is 25.3 Å². The molecule has 0 N–H and O–H groups in total. The second-order valence-corrected chi connectivity index (χ2v) is 6.11. The van der Waals surface area contributed by atoms with Crippen molar-refractivity contribution in [2.45, 2.75) is 51.9 Å². The highest BCUT2D eigenvalue weighted by Crippen LogP contribution is 2.24. The summed E-state index contributed by atoms with van der Waals surface area (Å²) in [7, 11) is 0. The lowest BCUT2D eigenvalue weighted by Crippen LogP contribution is -2.38. The van der Waals surface area contributed by atoms with Gasteiger partial charge in [0.2, 0.25) is 5.89 Å². The minimum Gasteiger partial charge on any atom is -0.373 e. The molecule has 1 fully saturated rings. The van der Waals surface area contributed by atoms with Crippen molar-refractivity contribution < 1.29 is 9.26 Å². The van der Waals surface area contributed by atoms with Crippen molar-refractivity contribution >= 4 is 0 Å². The molecule has 1 aliphatic rings. The van der Waals surface area contributed by atoms with Crippen molar-refractivity contribution in [1.29, 1.82) is 0 Å². The zero-order chi connectivity index (χ0) is 16.1. The lowest BCUT2D eigenvalue weighted by molar-refractivity contribution is -0.0124. The second-order valence-electron chi connectivity index (χ2n) is 6.11. The number of piperidine rings is 1. The Morgan fingerprint density at radius 3 is 2.65 bits per heavy atom. The Hall–Kier alpha value is -1.72. The lowest BCUT2D eigenvalue weighted by Gasteiger charge is -2.34. The first kappa shape index (κ1) is 16.1. The molecule has 23 heavy (non-hydrogen) atoms. The Bertz CT molecular complexity index is 591. The molecule has 0 spiro atoms. The van der Waals surface area contributed by atoms with Crippen LogP contribution in [0.4, 0.5) is 0 Å². The van der Waals surface area contributed by atoms with Crippen LogP contribution in [0.15, 0.2) is 34.9 Å². The number of aromatic nitrogens is 2. The summed E-state index contributed by atoms with van der Waals surface area (Å²) in [4.78, 5) is 6.85. The van der Waals surface area contributed by atoms with Crippen LogP contribution in [-0.4, -0.2) is 34.2 Å². The van der Waals surface area contributed by atoms with E-state index in [0.29, 0.717) is 12.7 Å². The highest BCUT2D eigenvalue weighted by atomic mass is 16.5. The normalized spacial score (nSPS) is 18.2. The van der Waals surface area contributed by atoms with Gasteiger partial charge < -0.3 is 9.26 Å². The van der Waals surface area contributed by atoms with Crippen LogP contribution in [-0.2, 0) is 17.8 Å². The molecule has 1 atom stereocenters. The number of ether oxygens (including phenoxy) is 1. The molecule has 0 radical (unpaired) electrons. The molecule has 1 aromatic carbocycles. The van der Waals surface area contributed by atoms with Gasteiger partial charge in [-0.15, -0.1) is 0 Å². The van der Waals surface area contributed by atoms with Crippen LogP contribution in [0, 0.1) is 0 Å². The van der Waals surface area contributed by atoms with Gasteiger partial charge >= 0.3 is 0 Å². The number of likely N-dealkylation sites (tertiary alicyclic amines) is 1. The molecular weight excluding hydrogens is 290 g/mol. The van der Waals surface area contributed by atoms with Gasteiger partial charge in [0.15, 0.2) is 5.82 Å². The van der Waals surface area contributed by atoms with E-state index >= 15 is 0 Å². The first-order chi connectivity index (χ1) is 11.3. The number of aryl methyl sites for hydroxylation is 1. The zero-order valence-electron chi connectivity index (χ0n) is 13.9. The average molecular weight is 315 g/mol. The van der Waals surface area contributed by atoms with Crippen LogP contribution in [0.25, 0.3) is 0 Å². The van der Waals surface area contributed by atoms with E-state index in [2.05, 4.69) is 46.2 Å². The Labute approximate surface area is 137 Å². The Morgan fingerprint density at radius 1 is 1.26 bits per heavy atom. The van der Waals surface area contributed by atoms with Crippen molar-refractivity contribution in [3.63, 3.8) is 0 Å². The predicted octanol–water partition coefficient (Wildman–Crippen LogP) is 3.37. The molecule has 1 unspecified atom stereocenters. The standard InChI is InChI=1S/C18H25N3O2/c1-3-17-19-18(23-20-17)14(2)21-11-9-16(10-12-21)22-13-15-7-5-4-6-8-15/h4-8,14,16H,3,9-13H2,1-2H3. The highest BCUT2D eigenvalue weighted by molar-refractivity contribution is 5.13. The maximum absolute atomic E-state index is 6.05. The Kier molecular flexibility index (Phi) is 5.41. The minimum absolute atomic E-state index is 0.179. The molecule has 0 bridgehead atoms. The fourth-order valence-corrected chi connectivity index (χ4v) is 2.96.